The van der Waals surface area contributed by atoms with Gasteiger partial charge in [0.15, 0.2) is 5.96 Å². The second-order valence-corrected chi connectivity index (χ2v) is 8.68. The molecule has 2 saturated heterocycles. The first-order valence-corrected chi connectivity index (χ1v) is 11.7. The van der Waals surface area contributed by atoms with Crippen LogP contribution in [0.15, 0.2) is 4.99 Å². The molecule has 9 N–H and O–H groups in total. The van der Waals surface area contributed by atoms with Crippen molar-refractivity contribution in [3.63, 3.8) is 0 Å². The Morgan fingerprint density at radius 1 is 1.00 bits per heavy atom. The molecule has 196 valence electrons. The van der Waals surface area contributed by atoms with Crippen molar-refractivity contribution in [2.24, 2.45) is 16.5 Å². The number of amides is 3. The maximum atomic E-state index is 13.3. The molecule has 0 aromatic carbocycles. The number of guanidine groups is 1. The summed E-state index contributed by atoms with van der Waals surface area (Å²) in [6.07, 6.45) is 2.20. The van der Waals surface area contributed by atoms with Gasteiger partial charge in [0.1, 0.15) is 18.1 Å². The number of likely N-dealkylation sites (tertiary alicyclic amines) is 1. The third-order valence-electron chi connectivity index (χ3n) is 6.04. The number of carbonyl (C=O) groups is 5. The van der Waals surface area contributed by atoms with E-state index in [0.29, 0.717) is 32.2 Å². The van der Waals surface area contributed by atoms with Crippen LogP contribution in [0.2, 0.25) is 0 Å². The Kier molecular flexibility index (Phi) is 10.7. The van der Waals surface area contributed by atoms with Gasteiger partial charge in [0.2, 0.25) is 17.7 Å². The monoisotopic (exact) mass is 497 g/mol. The van der Waals surface area contributed by atoms with E-state index in [9.17, 15) is 29.1 Å². The van der Waals surface area contributed by atoms with E-state index in [1.165, 1.54) is 4.90 Å². The van der Waals surface area contributed by atoms with Crippen molar-refractivity contribution in [2.75, 3.05) is 19.6 Å². The van der Waals surface area contributed by atoms with Gasteiger partial charge in [-0.25, -0.2) is 4.79 Å². The zero-order valence-corrected chi connectivity index (χ0v) is 19.6. The van der Waals surface area contributed by atoms with E-state index >= 15 is 0 Å². The van der Waals surface area contributed by atoms with E-state index in [4.69, 9.17) is 16.6 Å². The molecule has 14 nitrogen and oxygen atoms in total. The van der Waals surface area contributed by atoms with Crippen LogP contribution in [0.3, 0.4) is 0 Å². The summed E-state index contributed by atoms with van der Waals surface area (Å²) in [5, 5.41) is 26.7. The van der Waals surface area contributed by atoms with Crippen LogP contribution >= 0.6 is 0 Å². The summed E-state index contributed by atoms with van der Waals surface area (Å²) in [6.45, 7) is 1.12. The van der Waals surface area contributed by atoms with E-state index in [-0.39, 0.29) is 38.3 Å². The molecular weight excluding hydrogens is 462 g/mol. The Hall–Kier alpha value is -3.42. The molecule has 35 heavy (non-hydrogen) atoms. The quantitative estimate of drug-likeness (QED) is 0.0817. The maximum Gasteiger partial charge on any atom is 0.326 e. The highest BCUT2D eigenvalue weighted by Crippen LogP contribution is 2.20. The van der Waals surface area contributed by atoms with Gasteiger partial charge in [0.05, 0.1) is 6.04 Å². The summed E-state index contributed by atoms with van der Waals surface area (Å²) < 4.78 is 0. The molecule has 0 bridgehead atoms. The average molecular weight is 498 g/mol. The molecule has 0 aliphatic carbocycles. The number of aliphatic carboxylic acids is 2. The molecule has 0 saturated carbocycles. The van der Waals surface area contributed by atoms with Gasteiger partial charge < -0.3 is 42.5 Å². The fourth-order valence-electron chi connectivity index (χ4n) is 4.24. The van der Waals surface area contributed by atoms with Crippen molar-refractivity contribution in [1.29, 1.82) is 0 Å². The number of nitrogens with two attached hydrogens (primary N) is 2. The van der Waals surface area contributed by atoms with Gasteiger partial charge >= 0.3 is 11.9 Å². The highest BCUT2D eigenvalue weighted by Gasteiger charge is 2.39. The van der Waals surface area contributed by atoms with Gasteiger partial charge in [0, 0.05) is 19.5 Å². The van der Waals surface area contributed by atoms with Crippen molar-refractivity contribution in [3.05, 3.63) is 0 Å². The van der Waals surface area contributed by atoms with Crippen LogP contribution in [0.1, 0.15) is 51.4 Å². The second kappa shape index (κ2) is 13.5. The van der Waals surface area contributed by atoms with E-state index < -0.39 is 53.8 Å². The minimum absolute atomic E-state index is 0.0875. The standard InChI is InChI=1S/C21H35N7O7/c22-21(23)25-10-2-5-14(20(34)35)27-18(32)15-6-3-11-28(15)19(33)13(7-8-16(29)30)26-17(31)12-4-1-9-24-12/h12-15,24H,1-11H2,(H,26,31)(H,27,32)(H,29,30)(H,34,35)(H4,22,23,25). The lowest BCUT2D eigenvalue weighted by Crippen LogP contribution is -2.56. The summed E-state index contributed by atoms with van der Waals surface area (Å²) in [6, 6.07) is -3.67. The molecule has 14 heteroatoms. The molecule has 2 aliphatic rings. The first kappa shape index (κ1) is 27.8. The van der Waals surface area contributed by atoms with E-state index in [0.717, 1.165) is 6.42 Å². The zero-order chi connectivity index (χ0) is 26.0. The number of rotatable bonds is 13. The zero-order valence-electron chi connectivity index (χ0n) is 19.6. The molecule has 0 radical (unpaired) electrons. The van der Waals surface area contributed by atoms with Crippen molar-refractivity contribution in [2.45, 2.75) is 75.5 Å². The first-order valence-electron chi connectivity index (χ1n) is 11.7. The number of nitrogens with zero attached hydrogens (tertiary/aromatic N) is 2. The predicted molar refractivity (Wildman–Crippen MR) is 124 cm³/mol. The number of carboxylic acid groups (broad SMARTS) is 2. The second-order valence-electron chi connectivity index (χ2n) is 8.68. The molecule has 4 atom stereocenters. The number of hydrogen-bond donors (Lipinski definition) is 7. The van der Waals surface area contributed by atoms with E-state index in [1.54, 1.807) is 0 Å². The molecule has 0 aromatic rings. The number of aliphatic imine (C=N–C) groups is 1. The number of carbonyl (C=O) groups excluding carboxylic acids is 3. The van der Waals surface area contributed by atoms with Crippen molar-refractivity contribution in [1.82, 2.24) is 20.9 Å². The van der Waals surface area contributed by atoms with E-state index in [1.807, 2.05) is 0 Å². The van der Waals surface area contributed by atoms with Gasteiger partial charge in [-0.15, -0.1) is 0 Å². The van der Waals surface area contributed by atoms with Crippen LogP contribution in [-0.4, -0.2) is 94.5 Å². The highest BCUT2D eigenvalue weighted by atomic mass is 16.4. The fourth-order valence-corrected chi connectivity index (χ4v) is 4.24. The lowest BCUT2D eigenvalue weighted by atomic mass is 10.1. The topological polar surface area (TPSA) is 230 Å². The number of nitrogens with one attached hydrogen (secondary N) is 3. The van der Waals surface area contributed by atoms with Crippen LogP contribution in [0.25, 0.3) is 0 Å². The van der Waals surface area contributed by atoms with E-state index in [2.05, 4.69) is 20.9 Å². The lowest BCUT2D eigenvalue weighted by molar-refractivity contribution is -0.145. The largest absolute Gasteiger partial charge is 0.481 e. The Bertz CT molecular complexity index is 825. The van der Waals surface area contributed by atoms with Crippen LogP contribution in [-0.2, 0) is 24.0 Å². The minimum atomic E-state index is -1.23. The first-order chi connectivity index (χ1) is 16.6. The third-order valence-corrected chi connectivity index (χ3v) is 6.04. The molecule has 2 heterocycles. The maximum absolute atomic E-state index is 13.3. The number of hydrogen-bond acceptors (Lipinski definition) is 7. The van der Waals surface area contributed by atoms with Crippen molar-refractivity contribution < 1.29 is 34.2 Å². The molecule has 4 unspecified atom stereocenters. The Balaban J connectivity index is 2.05. The fraction of sp³-hybridized carbons (Fsp3) is 0.714. The Morgan fingerprint density at radius 3 is 2.31 bits per heavy atom. The normalized spacial score (nSPS) is 21.1. The van der Waals surface area contributed by atoms with Gasteiger partial charge in [-0.2, -0.15) is 0 Å². The Labute approximate surface area is 202 Å². The molecule has 0 aromatic heterocycles. The molecule has 0 spiro atoms. The average Bonchev–Trinajstić information content (AvgIpc) is 3.49. The highest BCUT2D eigenvalue weighted by molar-refractivity contribution is 5.94. The van der Waals surface area contributed by atoms with Gasteiger partial charge in [-0.1, -0.05) is 0 Å². The smallest absolute Gasteiger partial charge is 0.326 e. The third kappa shape index (κ3) is 8.70. The van der Waals surface area contributed by atoms with Crippen LogP contribution < -0.4 is 27.4 Å². The van der Waals surface area contributed by atoms with Crippen molar-refractivity contribution in [3.8, 4) is 0 Å². The number of carboxylic acids is 2. The van der Waals surface area contributed by atoms with Gasteiger partial charge in [0.25, 0.3) is 0 Å². The Morgan fingerprint density at radius 2 is 1.71 bits per heavy atom. The lowest BCUT2D eigenvalue weighted by Gasteiger charge is -2.30. The summed E-state index contributed by atoms with van der Waals surface area (Å²) in [7, 11) is 0. The van der Waals surface area contributed by atoms with Crippen LogP contribution in [0.4, 0.5) is 0 Å². The molecule has 2 aliphatic heterocycles. The van der Waals surface area contributed by atoms with Crippen LogP contribution in [0, 0.1) is 0 Å². The predicted octanol–water partition coefficient (Wildman–Crippen LogP) is -2.30. The van der Waals surface area contributed by atoms with Gasteiger partial charge in [-0.05, 0) is 51.5 Å². The molecular formula is C21H35N7O7. The molecule has 2 rings (SSSR count). The summed E-state index contributed by atoms with van der Waals surface area (Å²) in [5.74, 6) is -4.03. The SMILES string of the molecule is NC(N)=NCCCC(NC(=O)C1CCCN1C(=O)C(CCC(=O)O)NC(=O)C1CCCN1)C(=O)O. The minimum Gasteiger partial charge on any atom is -0.481 e. The molecule has 2 fully saturated rings. The van der Waals surface area contributed by atoms with Crippen molar-refractivity contribution >= 4 is 35.6 Å². The van der Waals surface area contributed by atoms with Gasteiger partial charge in [-0.3, -0.25) is 24.2 Å². The summed E-state index contributed by atoms with van der Waals surface area (Å²) in [5.41, 5.74) is 10.5. The van der Waals surface area contributed by atoms with Crippen LogP contribution in [0.5, 0.6) is 0 Å². The summed E-state index contributed by atoms with van der Waals surface area (Å²) in [4.78, 5) is 66.5. The summed E-state index contributed by atoms with van der Waals surface area (Å²) >= 11 is 0. The molecule has 3 amide bonds.